The zero-order valence-electron chi connectivity index (χ0n) is 13.5. The normalized spacial score (nSPS) is 17.5. The van der Waals surface area contributed by atoms with E-state index in [0.29, 0.717) is 24.8 Å². The average molecular weight is 297 g/mol. The van der Waals surface area contributed by atoms with Crippen LogP contribution in [0.4, 0.5) is 0 Å². The maximum atomic E-state index is 11.9. The van der Waals surface area contributed by atoms with Crippen molar-refractivity contribution >= 4 is 11.8 Å². The molecule has 0 radical (unpaired) electrons. The summed E-state index contributed by atoms with van der Waals surface area (Å²) in [4.78, 5) is 23.5. The molecule has 1 rings (SSSR count). The van der Waals surface area contributed by atoms with Gasteiger partial charge in [-0.2, -0.15) is 0 Å². The van der Waals surface area contributed by atoms with Gasteiger partial charge < -0.3 is 16.4 Å². The van der Waals surface area contributed by atoms with Gasteiger partial charge in [-0.05, 0) is 31.1 Å². The van der Waals surface area contributed by atoms with Crippen LogP contribution in [0.1, 0.15) is 58.8 Å². The molecule has 1 fully saturated rings. The maximum absolute atomic E-state index is 11.9. The minimum atomic E-state index is -0.131. The summed E-state index contributed by atoms with van der Waals surface area (Å²) in [5, 5.41) is 5.66. The predicted molar refractivity (Wildman–Crippen MR) is 84.6 cm³/mol. The summed E-state index contributed by atoms with van der Waals surface area (Å²) >= 11 is 0. The Morgan fingerprint density at radius 2 is 1.81 bits per heavy atom. The molecular weight excluding hydrogens is 266 g/mol. The van der Waals surface area contributed by atoms with Gasteiger partial charge in [-0.1, -0.05) is 33.1 Å². The number of carbonyl (C=O) groups is 2. The molecular formula is C16H31N3O2. The third-order valence-corrected chi connectivity index (χ3v) is 4.21. The molecule has 0 aromatic carbocycles. The van der Waals surface area contributed by atoms with Crippen molar-refractivity contribution in [3.05, 3.63) is 0 Å². The topological polar surface area (TPSA) is 84.2 Å². The van der Waals surface area contributed by atoms with Gasteiger partial charge in [0.15, 0.2) is 0 Å². The summed E-state index contributed by atoms with van der Waals surface area (Å²) in [6.45, 7) is 4.68. The molecule has 4 N–H and O–H groups in total. The number of nitrogens with two attached hydrogens (primary N) is 1. The molecule has 0 aromatic rings. The summed E-state index contributed by atoms with van der Waals surface area (Å²) in [7, 11) is 0. The number of rotatable bonds is 8. The van der Waals surface area contributed by atoms with Crippen LogP contribution in [-0.4, -0.2) is 30.9 Å². The molecule has 21 heavy (non-hydrogen) atoms. The van der Waals surface area contributed by atoms with Crippen LogP contribution in [0.5, 0.6) is 0 Å². The SMILES string of the molecule is CC(C)CCC(=O)NCC(=O)NC(CN)C1CCCCC1. The number of carbonyl (C=O) groups excluding carboxylic acids is 2. The third-order valence-electron chi connectivity index (χ3n) is 4.21. The lowest BCUT2D eigenvalue weighted by molar-refractivity contribution is -0.126. The Labute approximate surface area is 128 Å². The van der Waals surface area contributed by atoms with E-state index in [2.05, 4.69) is 24.5 Å². The lowest BCUT2D eigenvalue weighted by Crippen LogP contribution is -2.49. The lowest BCUT2D eigenvalue weighted by Gasteiger charge is -2.30. The number of hydrogen-bond acceptors (Lipinski definition) is 3. The fourth-order valence-electron chi connectivity index (χ4n) is 2.85. The molecule has 0 aromatic heterocycles. The van der Waals surface area contributed by atoms with Gasteiger partial charge in [0.05, 0.1) is 6.54 Å². The molecule has 0 heterocycles. The van der Waals surface area contributed by atoms with Crippen molar-refractivity contribution in [3.8, 4) is 0 Å². The highest BCUT2D eigenvalue weighted by atomic mass is 16.2. The predicted octanol–water partition coefficient (Wildman–Crippen LogP) is 1.56. The first-order valence-corrected chi connectivity index (χ1v) is 8.29. The van der Waals surface area contributed by atoms with Crippen molar-refractivity contribution in [2.45, 2.75) is 64.8 Å². The van der Waals surface area contributed by atoms with Crippen LogP contribution < -0.4 is 16.4 Å². The maximum Gasteiger partial charge on any atom is 0.239 e. The van der Waals surface area contributed by atoms with Crippen molar-refractivity contribution in [2.75, 3.05) is 13.1 Å². The standard InChI is InChI=1S/C16H31N3O2/c1-12(2)8-9-15(20)18-11-16(21)19-14(10-17)13-6-4-3-5-7-13/h12-14H,3-11,17H2,1-2H3,(H,18,20)(H,19,21). The largest absolute Gasteiger partial charge is 0.350 e. The molecule has 0 saturated heterocycles. The molecule has 2 amide bonds. The van der Waals surface area contributed by atoms with E-state index in [-0.39, 0.29) is 24.4 Å². The molecule has 1 unspecified atom stereocenters. The average Bonchev–Trinajstić information content (AvgIpc) is 2.49. The summed E-state index contributed by atoms with van der Waals surface area (Å²) in [5.41, 5.74) is 5.79. The first-order valence-electron chi connectivity index (χ1n) is 8.29. The van der Waals surface area contributed by atoms with E-state index in [1.807, 2.05) is 0 Å². The highest BCUT2D eigenvalue weighted by Crippen LogP contribution is 2.26. The van der Waals surface area contributed by atoms with Crippen LogP contribution in [-0.2, 0) is 9.59 Å². The smallest absolute Gasteiger partial charge is 0.239 e. The summed E-state index contributed by atoms with van der Waals surface area (Å²) in [6, 6.07) is 0.0466. The van der Waals surface area contributed by atoms with Crippen molar-refractivity contribution in [3.63, 3.8) is 0 Å². The minimum Gasteiger partial charge on any atom is -0.350 e. The molecule has 5 heteroatoms. The van der Waals surface area contributed by atoms with Crippen LogP contribution in [0.2, 0.25) is 0 Å². The van der Waals surface area contributed by atoms with E-state index in [1.165, 1.54) is 19.3 Å². The Morgan fingerprint density at radius 1 is 1.14 bits per heavy atom. The highest BCUT2D eigenvalue weighted by Gasteiger charge is 2.23. The van der Waals surface area contributed by atoms with Crippen LogP contribution >= 0.6 is 0 Å². The van der Waals surface area contributed by atoms with Crippen molar-refractivity contribution < 1.29 is 9.59 Å². The van der Waals surface area contributed by atoms with E-state index >= 15 is 0 Å². The highest BCUT2D eigenvalue weighted by molar-refractivity contribution is 5.84. The van der Waals surface area contributed by atoms with Crippen LogP contribution in [0.3, 0.4) is 0 Å². The van der Waals surface area contributed by atoms with Gasteiger partial charge in [0, 0.05) is 19.0 Å². The zero-order chi connectivity index (χ0) is 15.7. The van der Waals surface area contributed by atoms with Crippen LogP contribution in [0.25, 0.3) is 0 Å². The second-order valence-corrected chi connectivity index (χ2v) is 6.52. The number of hydrogen-bond donors (Lipinski definition) is 3. The molecule has 5 nitrogen and oxygen atoms in total. The number of nitrogens with one attached hydrogen (secondary N) is 2. The van der Waals surface area contributed by atoms with Crippen molar-refractivity contribution in [1.82, 2.24) is 10.6 Å². The monoisotopic (exact) mass is 297 g/mol. The molecule has 122 valence electrons. The minimum absolute atomic E-state index is 0.0466. The van der Waals surface area contributed by atoms with Crippen LogP contribution in [0, 0.1) is 11.8 Å². The Hall–Kier alpha value is -1.10. The zero-order valence-corrected chi connectivity index (χ0v) is 13.5. The summed E-state index contributed by atoms with van der Waals surface area (Å²) in [5.74, 6) is 0.802. The van der Waals surface area contributed by atoms with Gasteiger partial charge >= 0.3 is 0 Å². The van der Waals surface area contributed by atoms with E-state index < -0.39 is 0 Å². The van der Waals surface area contributed by atoms with E-state index in [9.17, 15) is 9.59 Å². The molecule has 1 aliphatic rings. The van der Waals surface area contributed by atoms with Gasteiger partial charge in [-0.25, -0.2) is 0 Å². The molecule has 1 atom stereocenters. The second kappa shape index (κ2) is 9.77. The Balaban J connectivity index is 2.25. The van der Waals surface area contributed by atoms with E-state index in [4.69, 9.17) is 5.73 Å². The number of amides is 2. The fourth-order valence-corrected chi connectivity index (χ4v) is 2.85. The van der Waals surface area contributed by atoms with Gasteiger partial charge in [0.1, 0.15) is 0 Å². The van der Waals surface area contributed by atoms with Gasteiger partial charge in [-0.3, -0.25) is 9.59 Å². The Morgan fingerprint density at radius 3 is 2.38 bits per heavy atom. The first-order chi connectivity index (χ1) is 10.0. The Kier molecular flexibility index (Phi) is 8.35. The van der Waals surface area contributed by atoms with E-state index in [0.717, 1.165) is 19.3 Å². The van der Waals surface area contributed by atoms with Gasteiger partial charge in [0.25, 0.3) is 0 Å². The molecule has 1 aliphatic carbocycles. The quantitative estimate of drug-likeness (QED) is 0.635. The first kappa shape index (κ1) is 18.0. The molecule has 0 bridgehead atoms. The second-order valence-electron chi connectivity index (χ2n) is 6.52. The van der Waals surface area contributed by atoms with Crippen molar-refractivity contribution in [2.24, 2.45) is 17.6 Å². The fraction of sp³-hybridized carbons (Fsp3) is 0.875. The molecule has 1 saturated carbocycles. The van der Waals surface area contributed by atoms with Gasteiger partial charge in [0.2, 0.25) is 11.8 Å². The Bertz CT molecular complexity index is 325. The summed E-state index contributed by atoms with van der Waals surface area (Å²) in [6.07, 6.45) is 7.35. The van der Waals surface area contributed by atoms with Crippen molar-refractivity contribution in [1.29, 1.82) is 0 Å². The van der Waals surface area contributed by atoms with Crippen LogP contribution in [0.15, 0.2) is 0 Å². The van der Waals surface area contributed by atoms with Gasteiger partial charge in [-0.15, -0.1) is 0 Å². The van der Waals surface area contributed by atoms with E-state index in [1.54, 1.807) is 0 Å². The molecule has 0 spiro atoms. The molecule has 0 aliphatic heterocycles. The lowest BCUT2D eigenvalue weighted by atomic mass is 9.84. The summed E-state index contributed by atoms with van der Waals surface area (Å²) < 4.78 is 0. The third kappa shape index (κ3) is 7.46.